The van der Waals surface area contributed by atoms with Crippen molar-refractivity contribution >= 4 is 26.8 Å². The van der Waals surface area contributed by atoms with E-state index in [1.807, 2.05) is 49.4 Å². The van der Waals surface area contributed by atoms with Crippen molar-refractivity contribution in [2.45, 2.75) is 6.92 Å². The average molecular weight is 339 g/mol. The molecule has 0 saturated heterocycles. The van der Waals surface area contributed by atoms with Gasteiger partial charge in [-0.3, -0.25) is 0 Å². The van der Waals surface area contributed by atoms with Crippen LogP contribution in [0.1, 0.15) is 11.1 Å². The van der Waals surface area contributed by atoms with Crippen LogP contribution in [0.25, 0.3) is 10.9 Å². The molecule has 21 heavy (non-hydrogen) atoms. The fraction of sp³-hybridized carbons (Fsp3) is 0.0588. The molecule has 0 fully saturated rings. The summed E-state index contributed by atoms with van der Waals surface area (Å²) in [6.45, 7) is 1.98. The fourth-order valence-corrected chi connectivity index (χ4v) is 2.30. The third-order valence-electron chi connectivity index (χ3n) is 3.15. The van der Waals surface area contributed by atoms with Gasteiger partial charge in [0.25, 0.3) is 0 Å². The van der Waals surface area contributed by atoms with Crippen LogP contribution in [-0.4, -0.2) is 4.98 Å². The van der Waals surface area contributed by atoms with Crippen molar-refractivity contribution in [3.63, 3.8) is 0 Å². The zero-order valence-corrected chi connectivity index (χ0v) is 12.9. The van der Waals surface area contributed by atoms with E-state index in [0.717, 1.165) is 20.9 Å². The van der Waals surface area contributed by atoms with Crippen molar-refractivity contribution in [1.82, 2.24) is 4.98 Å². The minimum atomic E-state index is 0.331. The number of halogens is 1. The van der Waals surface area contributed by atoms with Crippen molar-refractivity contribution in [3.8, 4) is 17.7 Å². The molecule has 3 rings (SSSR count). The van der Waals surface area contributed by atoms with E-state index in [1.54, 1.807) is 6.07 Å². The molecular weight excluding hydrogens is 328 g/mol. The quantitative estimate of drug-likeness (QED) is 0.662. The first-order valence-electron chi connectivity index (χ1n) is 6.41. The van der Waals surface area contributed by atoms with E-state index in [4.69, 9.17) is 4.74 Å². The molecule has 0 radical (unpaired) electrons. The highest BCUT2D eigenvalue weighted by Gasteiger charge is 2.09. The zero-order valence-electron chi connectivity index (χ0n) is 11.3. The van der Waals surface area contributed by atoms with Gasteiger partial charge in [0.1, 0.15) is 17.4 Å². The molecule has 2 aromatic carbocycles. The van der Waals surface area contributed by atoms with Gasteiger partial charge in [-0.25, -0.2) is 4.98 Å². The summed E-state index contributed by atoms with van der Waals surface area (Å²) in [7, 11) is 0. The molecule has 1 heterocycles. The number of para-hydroxylation sites is 1. The van der Waals surface area contributed by atoms with E-state index in [-0.39, 0.29) is 0 Å². The summed E-state index contributed by atoms with van der Waals surface area (Å²) in [4.78, 5) is 4.44. The van der Waals surface area contributed by atoms with Crippen LogP contribution in [-0.2, 0) is 0 Å². The molecule has 0 aliphatic rings. The first kappa shape index (κ1) is 13.6. The lowest BCUT2D eigenvalue weighted by atomic mass is 10.1. The van der Waals surface area contributed by atoms with Crippen molar-refractivity contribution < 1.29 is 4.74 Å². The van der Waals surface area contributed by atoms with Crippen LogP contribution in [0, 0.1) is 18.3 Å². The Balaban J connectivity index is 2.06. The number of aryl methyl sites for hydroxylation is 1. The first-order chi connectivity index (χ1) is 10.2. The minimum absolute atomic E-state index is 0.331. The van der Waals surface area contributed by atoms with Crippen LogP contribution < -0.4 is 4.74 Å². The molecular formula is C17H11BrN2O. The standard InChI is InChI=1S/C17H11BrN2O/c1-11-8-14(6-7-15(11)18)21-17-13(10-19)9-12-4-2-3-5-16(12)20-17/h2-9H,1H3. The Labute approximate surface area is 130 Å². The van der Waals surface area contributed by atoms with Gasteiger partial charge in [-0.2, -0.15) is 5.26 Å². The summed E-state index contributed by atoms with van der Waals surface area (Å²) in [6, 6.07) is 17.3. The Morgan fingerprint density at radius 2 is 1.95 bits per heavy atom. The van der Waals surface area contributed by atoms with E-state index >= 15 is 0 Å². The maximum absolute atomic E-state index is 9.28. The van der Waals surface area contributed by atoms with Crippen LogP contribution in [0.4, 0.5) is 0 Å². The average Bonchev–Trinajstić information content (AvgIpc) is 2.50. The largest absolute Gasteiger partial charge is 0.438 e. The number of pyridine rings is 1. The number of hydrogen-bond acceptors (Lipinski definition) is 3. The number of hydrogen-bond donors (Lipinski definition) is 0. The number of fused-ring (bicyclic) bond motifs is 1. The summed E-state index contributed by atoms with van der Waals surface area (Å²) < 4.78 is 6.81. The predicted octanol–water partition coefficient (Wildman–Crippen LogP) is 4.97. The molecule has 0 saturated carbocycles. The fourth-order valence-electron chi connectivity index (χ4n) is 2.05. The number of nitrogens with zero attached hydrogens (tertiary/aromatic N) is 2. The Morgan fingerprint density at radius 3 is 2.71 bits per heavy atom. The molecule has 0 unspecified atom stereocenters. The van der Waals surface area contributed by atoms with Gasteiger partial charge in [0.05, 0.1) is 5.52 Å². The van der Waals surface area contributed by atoms with Crippen LogP contribution in [0.2, 0.25) is 0 Å². The first-order valence-corrected chi connectivity index (χ1v) is 7.20. The lowest BCUT2D eigenvalue weighted by molar-refractivity contribution is 0.463. The van der Waals surface area contributed by atoms with E-state index in [9.17, 15) is 5.26 Å². The molecule has 0 aliphatic carbocycles. The van der Waals surface area contributed by atoms with Gasteiger partial charge in [0, 0.05) is 9.86 Å². The maximum Gasteiger partial charge on any atom is 0.237 e. The summed E-state index contributed by atoms with van der Waals surface area (Å²) in [5.41, 5.74) is 2.29. The van der Waals surface area contributed by atoms with Gasteiger partial charge < -0.3 is 4.74 Å². The van der Waals surface area contributed by atoms with Crippen molar-refractivity contribution in [2.75, 3.05) is 0 Å². The molecule has 0 amide bonds. The molecule has 0 bridgehead atoms. The molecule has 102 valence electrons. The monoisotopic (exact) mass is 338 g/mol. The molecule has 4 heteroatoms. The highest BCUT2D eigenvalue weighted by molar-refractivity contribution is 9.10. The lowest BCUT2D eigenvalue weighted by Gasteiger charge is -2.09. The lowest BCUT2D eigenvalue weighted by Crippen LogP contribution is -1.93. The zero-order chi connectivity index (χ0) is 14.8. The summed E-state index contributed by atoms with van der Waals surface area (Å²) >= 11 is 3.45. The van der Waals surface area contributed by atoms with E-state index in [1.165, 1.54) is 0 Å². The maximum atomic E-state index is 9.28. The van der Waals surface area contributed by atoms with Gasteiger partial charge in [-0.15, -0.1) is 0 Å². The van der Waals surface area contributed by atoms with Gasteiger partial charge >= 0.3 is 0 Å². The summed E-state index contributed by atoms with van der Waals surface area (Å²) in [6.07, 6.45) is 0. The normalized spacial score (nSPS) is 10.3. The molecule has 0 atom stereocenters. The van der Waals surface area contributed by atoms with Gasteiger partial charge in [-0.05, 0) is 42.8 Å². The van der Waals surface area contributed by atoms with Crippen LogP contribution in [0.15, 0.2) is 53.0 Å². The van der Waals surface area contributed by atoms with Crippen molar-refractivity contribution in [2.24, 2.45) is 0 Å². The Hall–Kier alpha value is -2.38. The molecule has 0 aliphatic heterocycles. The summed E-state index contributed by atoms with van der Waals surface area (Å²) in [5.74, 6) is 0.993. The second-order valence-electron chi connectivity index (χ2n) is 4.66. The Morgan fingerprint density at radius 1 is 1.14 bits per heavy atom. The molecule has 0 spiro atoms. The minimum Gasteiger partial charge on any atom is -0.438 e. The number of benzene rings is 2. The summed E-state index contributed by atoms with van der Waals surface area (Å²) in [5, 5.41) is 10.2. The highest BCUT2D eigenvalue weighted by atomic mass is 79.9. The van der Waals surface area contributed by atoms with Crippen molar-refractivity contribution in [3.05, 3.63) is 64.1 Å². The number of ether oxygens (including phenoxy) is 1. The van der Waals surface area contributed by atoms with E-state index < -0.39 is 0 Å². The smallest absolute Gasteiger partial charge is 0.237 e. The second kappa shape index (κ2) is 5.55. The van der Waals surface area contributed by atoms with Gasteiger partial charge in [0.15, 0.2) is 0 Å². The van der Waals surface area contributed by atoms with Crippen LogP contribution >= 0.6 is 15.9 Å². The van der Waals surface area contributed by atoms with Crippen LogP contribution in [0.3, 0.4) is 0 Å². The van der Waals surface area contributed by atoms with Crippen molar-refractivity contribution in [1.29, 1.82) is 5.26 Å². The second-order valence-corrected chi connectivity index (χ2v) is 5.51. The number of rotatable bonds is 2. The highest BCUT2D eigenvalue weighted by Crippen LogP contribution is 2.28. The Kier molecular flexibility index (Phi) is 3.59. The third kappa shape index (κ3) is 2.74. The van der Waals surface area contributed by atoms with E-state index in [2.05, 4.69) is 27.0 Å². The molecule has 3 nitrogen and oxygen atoms in total. The molecule has 0 N–H and O–H groups in total. The van der Waals surface area contributed by atoms with Gasteiger partial charge in [0.2, 0.25) is 5.88 Å². The SMILES string of the molecule is Cc1cc(Oc2nc3ccccc3cc2C#N)ccc1Br. The predicted molar refractivity (Wildman–Crippen MR) is 85.4 cm³/mol. The Bertz CT molecular complexity index is 868. The van der Waals surface area contributed by atoms with Crippen LogP contribution in [0.5, 0.6) is 11.6 Å². The molecule has 1 aromatic heterocycles. The third-order valence-corrected chi connectivity index (χ3v) is 4.04. The number of aromatic nitrogens is 1. The topological polar surface area (TPSA) is 45.9 Å². The van der Waals surface area contributed by atoms with E-state index in [0.29, 0.717) is 17.2 Å². The van der Waals surface area contributed by atoms with Gasteiger partial charge in [-0.1, -0.05) is 34.1 Å². The molecule has 3 aromatic rings. The number of nitriles is 1.